The molecule has 1 heterocycles. The van der Waals surface area contributed by atoms with E-state index in [2.05, 4.69) is 0 Å². The lowest BCUT2D eigenvalue weighted by atomic mass is 10.1. The molecule has 36 heavy (non-hydrogen) atoms. The molecule has 4 aromatic rings. The molecule has 1 unspecified atom stereocenters. The third-order valence-corrected chi connectivity index (χ3v) is 6.28. The molecular weight excluding hydrogens is 454 g/mol. The number of para-hydroxylation sites is 1. The van der Waals surface area contributed by atoms with E-state index in [-0.39, 0.29) is 11.5 Å². The van der Waals surface area contributed by atoms with Crippen molar-refractivity contribution in [1.82, 2.24) is 14.5 Å². The Balaban J connectivity index is 1.86. The number of hydrogen-bond acceptors (Lipinski definition) is 5. The zero-order chi connectivity index (χ0) is 25.7. The Bertz CT molecular complexity index is 1400. The predicted octanol–water partition coefficient (Wildman–Crippen LogP) is 4.94. The van der Waals surface area contributed by atoms with Crippen LogP contribution in [0, 0.1) is 6.92 Å². The van der Waals surface area contributed by atoms with Gasteiger partial charge in [0.2, 0.25) is 0 Å². The maximum atomic E-state index is 13.7. The van der Waals surface area contributed by atoms with E-state index in [1.165, 1.54) is 0 Å². The van der Waals surface area contributed by atoms with Crippen molar-refractivity contribution in [2.45, 2.75) is 26.3 Å². The van der Waals surface area contributed by atoms with Gasteiger partial charge in [-0.2, -0.15) is 0 Å². The van der Waals surface area contributed by atoms with Crippen LogP contribution >= 0.6 is 0 Å². The summed E-state index contributed by atoms with van der Waals surface area (Å²) in [4.78, 5) is 34.1. The van der Waals surface area contributed by atoms with Crippen molar-refractivity contribution >= 4 is 16.8 Å². The molecule has 4 rings (SSSR count). The second-order valence-corrected chi connectivity index (χ2v) is 8.71. The van der Waals surface area contributed by atoms with E-state index in [1.807, 2.05) is 68.4 Å². The first-order valence-electron chi connectivity index (χ1n) is 12.0. The van der Waals surface area contributed by atoms with Gasteiger partial charge in [-0.1, -0.05) is 29.8 Å². The van der Waals surface area contributed by atoms with Crippen LogP contribution in [0.1, 0.15) is 41.1 Å². The molecule has 1 aromatic heterocycles. The lowest BCUT2D eigenvalue weighted by Gasteiger charge is -2.31. The number of methoxy groups -OCH3 is 2. The molecule has 0 spiro atoms. The fourth-order valence-electron chi connectivity index (χ4n) is 4.26. The molecular formula is C29H31N3O4. The van der Waals surface area contributed by atoms with E-state index < -0.39 is 6.04 Å². The van der Waals surface area contributed by atoms with Crippen LogP contribution in [-0.2, 0) is 4.74 Å². The fourth-order valence-corrected chi connectivity index (χ4v) is 4.26. The van der Waals surface area contributed by atoms with Crippen LogP contribution in [0.25, 0.3) is 16.6 Å². The Morgan fingerprint density at radius 1 is 1.00 bits per heavy atom. The van der Waals surface area contributed by atoms with Crippen molar-refractivity contribution in [1.29, 1.82) is 0 Å². The molecule has 0 fully saturated rings. The summed E-state index contributed by atoms with van der Waals surface area (Å²) in [7, 11) is 3.24. The largest absolute Gasteiger partial charge is 0.497 e. The normalized spacial score (nSPS) is 11.9. The molecule has 0 N–H and O–H groups in total. The van der Waals surface area contributed by atoms with E-state index >= 15 is 0 Å². The van der Waals surface area contributed by atoms with Crippen LogP contribution in [0.15, 0.2) is 77.6 Å². The van der Waals surface area contributed by atoms with Gasteiger partial charge in [-0.25, -0.2) is 4.98 Å². The van der Waals surface area contributed by atoms with Gasteiger partial charge >= 0.3 is 0 Å². The minimum atomic E-state index is -0.491. The van der Waals surface area contributed by atoms with Gasteiger partial charge < -0.3 is 14.4 Å². The number of aromatic nitrogens is 2. The van der Waals surface area contributed by atoms with Crippen molar-refractivity contribution in [3.63, 3.8) is 0 Å². The van der Waals surface area contributed by atoms with Crippen LogP contribution < -0.4 is 10.3 Å². The molecule has 0 aliphatic heterocycles. The number of benzene rings is 3. The van der Waals surface area contributed by atoms with Crippen LogP contribution in [-0.4, -0.2) is 47.7 Å². The fraction of sp³-hybridized carbons (Fsp3) is 0.276. The Labute approximate surface area is 210 Å². The number of fused-ring (bicyclic) bond motifs is 1. The highest BCUT2D eigenvalue weighted by Gasteiger charge is 2.27. The zero-order valence-corrected chi connectivity index (χ0v) is 21.1. The Kier molecular flexibility index (Phi) is 7.80. The summed E-state index contributed by atoms with van der Waals surface area (Å²) in [6.45, 7) is 4.86. The smallest absolute Gasteiger partial charge is 0.266 e. The van der Waals surface area contributed by atoms with Crippen molar-refractivity contribution in [3.05, 3.63) is 100 Å². The Morgan fingerprint density at radius 3 is 2.36 bits per heavy atom. The molecule has 0 saturated carbocycles. The second-order valence-electron chi connectivity index (χ2n) is 8.71. The summed E-state index contributed by atoms with van der Waals surface area (Å²) in [6.07, 6.45) is 0.652. The van der Waals surface area contributed by atoms with Gasteiger partial charge in [0, 0.05) is 25.8 Å². The lowest BCUT2D eigenvalue weighted by Crippen LogP contribution is -2.38. The van der Waals surface area contributed by atoms with E-state index in [0.29, 0.717) is 53.3 Å². The van der Waals surface area contributed by atoms with Crippen molar-refractivity contribution in [2.75, 3.05) is 27.4 Å². The number of amides is 1. The monoisotopic (exact) mass is 485 g/mol. The van der Waals surface area contributed by atoms with E-state index in [4.69, 9.17) is 14.5 Å². The highest BCUT2D eigenvalue weighted by Crippen LogP contribution is 2.26. The topological polar surface area (TPSA) is 73.7 Å². The summed E-state index contributed by atoms with van der Waals surface area (Å²) in [5, 5.41) is 0.514. The van der Waals surface area contributed by atoms with Gasteiger partial charge in [0.1, 0.15) is 11.6 Å². The highest BCUT2D eigenvalue weighted by molar-refractivity contribution is 5.94. The SMILES string of the molecule is COCCCN(C(=O)c1ccc(C)cc1)C(C)c1nc2ccccc2c(=O)n1-c1ccc(OC)cc1. The van der Waals surface area contributed by atoms with Crippen LogP contribution in [0.4, 0.5) is 0 Å². The second kappa shape index (κ2) is 11.2. The molecule has 0 saturated heterocycles. The number of hydrogen-bond donors (Lipinski definition) is 0. The number of ether oxygens (including phenoxy) is 2. The molecule has 0 radical (unpaired) electrons. The van der Waals surface area contributed by atoms with Gasteiger partial charge in [0.25, 0.3) is 11.5 Å². The summed E-state index contributed by atoms with van der Waals surface area (Å²) in [5.74, 6) is 1.05. The molecule has 3 aromatic carbocycles. The molecule has 1 atom stereocenters. The molecule has 0 aliphatic carbocycles. The van der Waals surface area contributed by atoms with Gasteiger partial charge in [0.15, 0.2) is 0 Å². The summed E-state index contributed by atoms with van der Waals surface area (Å²) >= 11 is 0. The van der Waals surface area contributed by atoms with Crippen LogP contribution in [0.5, 0.6) is 5.75 Å². The first kappa shape index (κ1) is 25.1. The third-order valence-electron chi connectivity index (χ3n) is 6.28. The van der Waals surface area contributed by atoms with Gasteiger partial charge in [0.05, 0.1) is 29.7 Å². The highest BCUT2D eigenvalue weighted by atomic mass is 16.5. The average Bonchev–Trinajstić information content (AvgIpc) is 2.91. The summed E-state index contributed by atoms with van der Waals surface area (Å²) in [5.41, 5.74) is 2.72. The number of carbonyl (C=O) groups is 1. The molecule has 0 bridgehead atoms. The number of aryl methyl sites for hydroxylation is 1. The summed E-state index contributed by atoms with van der Waals surface area (Å²) in [6, 6.07) is 21.5. The first-order chi connectivity index (χ1) is 17.4. The lowest BCUT2D eigenvalue weighted by molar-refractivity contribution is 0.0657. The van der Waals surface area contributed by atoms with Gasteiger partial charge in [-0.3, -0.25) is 14.2 Å². The maximum Gasteiger partial charge on any atom is 0.266 e. The Morgan fingerprint density at radius 2 is 1.69 bits per heavy atom. The predicted molar refractivity (Wildman–Crippen MR) is 141 cm³/mol. The number of rotatable bonds is 9. The minimum absolute atomic E-state index is 0.123. The van der Waals surface area contributed by atoms with Crippen LogP contribution in [0.2, 0.25) is 0 Å². The third kappa shape index (κ3) is 5.16. The standard InChI is InChI=1S/C29H31N3O4/c1-20-10-12-22(13-11-20)28(33)31(18-7-19-35-3)21(2)27-30-26-9-6-5-8-25(26)29(34)32(27)23-14-16-24(36-4)17-15-23/h5-6,8-17,21H,7,18-19H2,1-4H3. The van der Waals surface area contributed by atoms with Crippen molar-refractivity contribution in [2.24, 2.45) is 0 Å². The molecule has 186 valence electrons. The number of nitrogens with zero attached hydrogens (tertiary/aromatic N) is 3. The van der Waals surface area contributed by atoms with E-state index in [1.54, 1.807) is 41.9 Å². The van der Waals surface area contributed by atoms with Crippen molar-refractivity contribution < 1.29 is 14.3 Å². The summed E-state index contributed by atoms with van der Waals surface area (Å²) < 4.78 is 12.1. The first-order valence-corrected chi connectivity index (χ1v) is 12.0. The minimum Gasteiger partial charge on any atom is -0.497 e. The molecule has 7 nitrogen and oxygen atoms in total. The average molecular weight is 486 g/mol. The molecule has 1 amide bonds. The van der Waals surface area contributed by atoms with Gasteiger partial charge in [-0.05, 0) is 68.8 Å². The van der Waals surface area contributed by atoms with E-state index in [0.717, 1.165) is 5.56 Å². The number of carbonyl (C=O) groups excluding carboxylic acids is 1. The van der Waals surface area contributed by atoms with Crippen molar-refractivity contribution in [3.8, 4) is 11.4 Å². The Hall–Kier alpha value is -3.97. The van der Waals surface area contributed by atoms with E-state index in [9.17, 15) is 9.59 Å². The maximum absolute atomic E-state index is 13.7. The molecule has 7 heteroatoms. The van der Waals surface area contributed by atoms with Crippen LogP contribution in [0.3, 0.4) is 0 Å². The quantitative estimate of drug-likeness (QED) is 0.314. The van der Waals surface area contributed by atoms with Gasteiger partial charge in [-0.15, -0.1) is 0 Å². The zero-order valence-electron chi connectivity index (χ0n) is 21.1. The molecule has 0 aliphatic rings.